The lowest BCUT2D eigenvalue weighted by atomic mass is 9.78. The Morgan fingerprint density at radius 2 is 2.17 bits per heavy atom. The van der Waals surface area contributed by atoms with E-state index >= 15 is 0 Å². The van der Waals surface area contributed by atoms with Crippen LogP contribution in [0.1, 0.15) is 38.3 Å². The maximum absolute atomic E-state index is 11.5. The maximum atomic E-state index is 11.5. The van der Waals surface area contributed by atoms with E-state index in [1.807, 2.05) is 32.9 Å². The molecule has 18 heavy (non-hydrogen) atoms. The Bertz CT molecular complexity index is 496. The molecule has 0 bridgehead atoms. The lowest BCUT2D eigenvalue weighted by Crippen LogP contribution is -2.54. The number of aryl methyl sites for hydroxylation is 1. The summed E-state index contributed by atoms with van der Waals surface area (Å²) in [5.74, 6) is -0.417. The van der Waals surface area contributed by atoms with Gasteiger partial charge in [0.2, 0.25) is 0 Å². The van der Waals surface area contributed by atoms with Gasteiger partial charge in [-0.05, 0) is 31.9 Å². The molecule has 1 atom stereocenters. The summed E-state index contributed by atoms with van der Waals surface area (Å²) in [4.78, 5) is 11.5. The SMILES string of the molecule is CCc1ccc2c(c1)OC(C)(C)CC2(N)C(=O)O. The van der Waals surface area contributed by atoms with Gasteiger partial charge in [0.05, 0.1) is 0 Å². The minimum Gasteiger partial charge on any atom is -0.487 e. The molecule has 0 saturated carbocycles. The lowest BCUT2D eigenvalue weighted by molar-refractivity contribution is -0.147. The highest BCUT2D eigenvalue weighted by Crippen LogP contribution is 2.42. The van der Waals surface area contributed by atoms with Crippen molar-refractivity contribution in [3.8, 4) is 5.75 Å². The smallest absolute Gasteiger partial charge is 0.328 e. The first-order valence-electron chi connectivity index (χ1n) is 6.13. The minimum absolute atomic E-state index is 0.258. The number of carboxylic acids is 1. The Morgan fingerprint density at radius 3 is 2.72 bits per heavy atom. The van der Waals surface area contributed by atoms with Gasteiger partial charge in [0.15, 0.2) is 0 Å². The molecule has 1 aromatic rings. The van der Waals surface area contributed by atoms with Crippen molar-refractivity contribution < 1.29 is 14.6 Å². The van der Waals surface area contributed by atoms with Crippen molar-refractivity contribution >= 4 is 5.97 Å². The van der Waals surface area contributed by atoms with Gasteiger partial charge in [0, 0.05) is 12.0 Å². The summed E-state index contributed by atoms with van der Waals surface area (Å²) in [6, 6.07) is 5.57. The van der Waals surface area contributed by atoms with Crippen molar-refractivity contribution in [3.63, 3.8) is 0 Å². The van der Waals surface area contributed by atoms with E-state index in [1.165, 1.54) is 0 Å². The average Bonchev–Trinajstić information content (AvgIpc) is 2.26. The number of ether oxygens (including phenoxy) is 1. The second-order valence-corrected chi connectivity index (χ2v) is 5.50. The number of benzene rings is 1. The number of hydrogen-bond donors (Lipinski definition) is 2. The first-order valence-corrected chi connectivity index (χ1v) is 6.13. The lowest BCUT2D eigenvalue weighted by Gasteiger charge is -2.41. The predicted molar refractivity (Wildman–Crippen MR) is 68.6 cm³/mol. The van der Waals surface area contributed by atoms with E-state index in [0.29, 0.717) is 11.3 Å². The first kappa shape index (κ1) is 12.9. The van der Waals surface area contributed by atoms with Crippen LogP contribution in [0.3, 0.4) is 0 Å². The van der Waals surface area contributed by atoms with E-state index in [1.54, 1.807) is 6.07 Å². The summed E-state index contributed by atoms with van der Waals surface area (Å²) in [6.07, 6.45) is 1.13. The van der Waals surface area contributed by atoms with Crippen LogP contribution in [-0.2, 0) is 16.8 Å². The second-order valence-electron chi connectivity index (χ2n) is 5.50. The number of fused-ring (bicyclic) bond motifs is 1. The molecule has 0 aromatic heterocycles. The number of carbonyl (C=O) groups is 1. The Morgan fingerprint density at radius 1 is 1.50 bits per heavy atom. The van der Waals surface area contributed by atoms with Crippen LogP contribution in [0.2, 0.25) is 0 Å². The number of carboxylic acid groups (broad SMARTS) is 1. The second kappa shape index (κ2) is 3.99. The molecule has 1 aliphatic rings. The molecular formula is C14H19NO3. The molecule has 2 rings (SSSR count). The van der Waals surface area contributed by atoms with Gasteiger partial charge in [-0.1, -0.05) is 19.1 Å². The van der Waals surface area contributed by atoms with Crippen molar-refractivity contribution in [2.24, 2.45) is 5.73 Å². The van der Waals surface area contributed by atoms with Crippen LogP contribution in [0.4, 0.5) is 0 Å². The fourth-order valence-corrected chi connectivity index (χ4v) is 2.53. The summed E-state index contributed by atoms with van der Waals surface area (Å²) in [6.45, 7) is 5.76. The highest BCUT2D eigenvalue weighted by Gasteiger charge is 2.48. The van der Waals surface area contributed by atoms with E-state index in [4.69, 9.17) is 10.5 Å². The molecule has 1 unspecified atom stereocenters. The van der Waals surface area contributed by atoms with Crippen molar-refractivity contribution in [3.05, 3.63) is 29.3 Å². The summed E-state index contributed by atoms with van der Waals surface area (Å²) >= 11 is 0. The molecule has 0 radical (unpaired) electrons. The number of rotatable bonds is 2. The minimum atomic E-state index is -1.37. The summed E-state index contributed by atoms with van der Waals surface area (Å²) in [5, 5.41) is 9.42. The van der Waals surface area contributed by atoms with Crippen LogP contribution in [0, 0.1) is 0 Å². The standard InChI is InChI=1S/C14H19NO3/c1-4-9-5-6-10-11(7-9)18-13(2,3)8-14(10,15)12(16)17/h5-7H,4,8,15H2,1-3H3,(H,16,17). The third kappa shape index (κ3) is 1.97. The van der Waals surface area contributed by atoms with Gasteiger partial charge >= 0.3 is 5.97 Å². The third-order valence-electron chi connectivity index (χ3n) is 3.41. The van der Waals surface area contributed by atoms with Gasteiger partial charge in [-0.25, -0.2) is 4.79 Å². The molecule has 4 heteroatoms. The molecule has 0 spiro atoms. The van der Waals surface area contributed by atoms with Crippen molar-refractivity contribution in [2.75, 3.05) is 0 Å². The molecule has 0 aliphatic carbocycles. The molecule has 1 heterocycles. The molecule has 1 aromatic carbocycles. The van der Waals surface area contributed by atoms with E-state index in [-0.39, 0.29) is 6.42 Å². The quantitative estimate of drug-likeness (QED) is 0.841. The van der Waals surface area contributed by atoms with Gasteiger partial charge < -0.3 is 15.6 Å². The Hall–Kier alpha value is -1.55. The normalized spacial score (nSPS) is 25.1. The monoisotopic (exact) mass is 249 g/mol. The fraction of sp³-hybridized carbons (Fsp3) is 0.500. The predicted octanol–water partition coefficient (Wildman–Crippen LogP) is 2.05. The zero-order valence-corrected chi connectivity index (χ0v) is 11.0. The molecule has 0 fully saturated rings. The Kier molecular flexibility index (Phi) is 2.86. The van der Waals surface area contributed by atoms with Crippen LogP contribution in [0.15, 0.2) is 18.2 Å². The van der Waals surface area contributed by atoms with Gasteiger partial charge in [-0.3, -0.25) is 0 Å². The van der Waals surface area contributed by atoms with E-state index in [2.05, 4.69) is 0 Å². The topological polar surface area (TPSA) is 72.5 Å². The molecule has 98 valence electrons. The van der Waals surface area contributed by atoms with Gasteiger partial charge in [0.1, 0.15) is 16.9 Å². The van der Waals surface area contributed by atoms with Gasteiger partial charge in [-0.15, -0.1) is 0 Å². The van der Waals surface area contributed by atoms with Gasteiger partial charge in [0.25, 0.3) is 0 Å². The molecule has 1 aliphatic heterocycles. The van der Waals surface area contributed by atoms with Gasteiger partial charge in [-0.2, -0.15) is 0 Å². The Balaban J connectivity index is 2.60. The molecular weight excluding hydrogens is 230 g/mol. The molecule has 4 nitrogen and oxygen atoms in total. The van der Waals surface area contributed by atoms with Crippen molar-refractivity contribution in [2.45, 2.75) is 44.8 Å². The summed E-state index contributed by atoms with van der Waals surface area (Å²) in [5.41, 5.74) is 5.82. The van der Waals surface area contributed by atoms with Crippen LogP contribution < -0.4 is 10.5 Å². The molecule has 3 N–H and O–H groups in total. The first-order chi connectivity index (χ1) is 8.28. The van der Waals surface area contributed by atoms with Crippen LogP contribution in [0.25, 0.3) is 0 Å². The van der Waals surface area contributed by atoms with Crippen molar-refractivity contribution in [1.29, 1.82) is 0 Å². The van der Waals surface area contributed by atoms with E-state index in [0.717, 1.165) is 12.0 Å². The van der Waals surface area contributed by atoms with Crippen LogP contribution in [0.5, 0.6) is 5.75 Å². The van der Waals surface area contributed by atoms with Crippen molar-refractivity contribution in [1.82, 2.24) is 0 Å². The number of aliphatic carboxylic acids is 1. The zero-order chi connectivity index (χ0) is 13.6. The Labute approximate surface area is 107 Å². The summed E-state index contributed by atoms with van der Waals surface area (Å²) < 4.78 is 5.86. The highest BCUT2D eigenvalue weighted by atomic mass is 16.5. The fourth-order valence-electron chi connectivity index (χ4n) is 2.53. The average molecular weight is 249 g/mol. The third-order valence-corrected chi connectivity index (χ3v) is 3.41. The van der Waals surface area contributed by atoms with Crippen LogP contribution in [-0.4, -0.2) is 16.7 Å². The van der Waals surface area contributed by atoms with E-state index < -0.39 is 17.1 Å². The van der Waals surface area contributed by atoms with Crippen LogP contribution >= 0.6 is 0 Å². The molecule has 0 saturated heterocycles. The number of hydrogen-bond acceptors (Lipinski definition) is 3. The maximum Gasteiger partial charge on any atom is 0.328 e. The summed E-state index contributed by atoms with van der Waals surface area (Å²) in [7, 11) is 0. The number of nitrogens with two attached hydrogens (primary N) is 1. The molecule has 0 amide bonds. The highest BCUT2D eigenvalue weighted by molar-refractivity contribution is 5.82. The van der Waals surface area contributed by atoms with E-state index in [9.17, 15) is 9.90 Å². The largest absolute Gasteiger partial charge is 0.487 e. The zero-order valence-electron chi connectivity index (χ0n) is 11.0.